The number of nitrogens with one attached hydrogen (secondary N) is 2. The van der Waals surface area contributed by atoms with Crippen LogP contribution in [0.15, 0.2) is 24.3 Å². The molecule has 25 heavy (non-hydrogen) atoms. The van der Waals surface area contributed by atoms with Crippen LogP contribution in [0, 0.1) is 6.92 Å². The number of anilines is 1. The second-order valence-electron chi connectivity index (χ2n) is 5.31. The van der Waals surface area contributed by atoms with Crippen LogP contribution in [0.2, 0.25) is 0 Å². The van der Waals surface area contributed by atoms with Gasteiger partial charge in [0.05, 0.1) is 17.1 Å². The standard InChI is InChI=1S/C17H19N3O4S/c1-3-13-19-10(2)15(25-13)17(24)20-12-6-4-11(5-7-12)16(23)18-9-8-14(21)22/h4-7H,3,8-9H2,1-2H3,(H,18,23)(H,20,24)(H,21,22). The van der Waals surface area contributed by atoms with E-state index in [0.29, 0.717) is 21.8 Å². The highest BCUT2D eigenvalue weighted by Crippen LogP contribution is 2.20. The van der Waals surface area contributed by atoms with Gasteiger partial charge in [0, 0.05) is 17.8 Å². The molecule has 0 fully saturated rings. The summed E-state index contributed by atoms with van der Waals surface area (Å²) in [5, 5.41) is 14.8. The van der Waals surface area contributed by atoms with Crippen molar-refractivity contribution >= 4 is 34.8 Å². The molecule has 0 aliphatic heterocycles. The molecule has 3 N–H and O–H groups in total. The molecule has 0 atom stereocenters. The number of amides is 2. The highest BCUT2D eigenvalue weighted by atomic mass is 32.1. The van der Waals surface area contributed by atoms with Gasteiger partial charge in [-0.1, -0.05) is 6.92 Å². The second-order valence-corrected chi connectivity index (χ2v) is 6.39. The zero-order valence-electron chi connectivity index (χ0n) is 14.0. The lowest BCUT2D eigenvalue weighted by atomic mass is 10.2. The molecule has 0 aliphatic rings. The SMILES string of the molecule is CCc1nc(C)c(C(=O)Nc2ccc(C(=O)NCCC(=O)O)cc2)s1. The lowest BCUT2D eigenvalue weighted by Gasteiger charge is -2.06. The largest absolute Gasteiger partial charge is 0.481 e. The van der Waals surface area contributed by atoms with Crippen LogP contribution < -0.4 is 10.6 Å². The topological polar surface area (TPSA) is 108 Å². The molecule has 0 unspecified atom stereocenters. The lowest BCUT2D eigenvalue weighted by molar-refractivity contribution is -0.136. The number of aromatic nitrogens is 1. The highest BCUT2D eigenvalue weighted by Gasteiger charge is 2.15. The molecule has 2 aromatic rings. The summed E-state index contributed by atoms with van der Waals surface area (Å²) >= 11 is 1.37. The maximum Gasteiger partial charge on any atom is 0.305 e. The Bertz CT molecular complexity index is 784. The number of carbonyl (C=O) groups excluding carboxylic acids is 2. The van der Waals surface area contributed by atoms with Gasteiger partial charge in [0.25, 0.3) is 11.8 Å². The fourth-order valence-corrected chi connectivity index (χ4v) is 2.99. The Morgan fingerprint density at radius 1 is 1.16 bits per heavy atom. The van der Waals surface area contributed by atoms with Gasteiger partial charge in [0.1, 0.15) is 4.88 Å². The number of hydrogen-bond donors (Lipinski definition) is 3. The van der Waals surface area contributed by atoms with E-state index < -0.39 is 5.97 Å². The molecule has 1 heterocycles. The summed E-state index contributed by atoms with van der Waals surface area (Å²) < 4.78 is 0. The van der Waals surface area contributed by atoms with E-state index in [9.17, 15) is 14.4 Å². The third-order valence-electron chi connectivity index (χ3n) is 3.38. The molecule has 0 saturated carbocycles. The number of carboxylic acid groups (broad SMARTS) is 1. The van der Waals surface area contributed by atoms with E-state index in [4.69, 9.17) is 5.11 Å². The van der Waals surface area contributed by atoms with E-state index in [1.54, 1.807) is 31.2 Å². The summed E-state index contributed by atoms with van der Waals surface area (Å²) in [6, 6.07) is 6.40. The van der Waals surface area contributed by atoms with Crippen molar-refractivity contribution in [1.29, 1.82) is 0 Å². The zero-order valence-corrected chi connectivity index (χ0v) is 14.8. The molecule has 1 aromatic heterocycles. The fraction of sp³-hybridized carbons (Fsp3) is 0.294. The first kappa shape index (κ1) is 18.6. The van der Waals surface area contributed by atoms with Gasteiger partial charge in [-0.05, 0) is 37.6 Å². The molecule has 1 aromatic carbocycles. The maximum atomic E-state index is 12.3. The van der Waals surface area contributed by atoms with Crippen LogP contribution >= 0.6 is 11.3 Å². The molecule has 2 rings (SSSR count). The number of nitrogens with zero attached hydrogens (tertiary/aromatic N) is 1. The highest BCUT2D eigenvalue weighted by molar-refractivity contribution is 7.13. The molecular formula is C17H19N3O4S. The van der Waals surface area contributed by atoms with Crippen molar-refractivity contribution in [3.63, 3.8) is 0 Å². The summed E-state index contributed by atoms with van der Waals surface area (Å²) in [5.41, 5.74) is 1.66. The molecule has 2 amide bonds. The third kappa shape index (κ3) is 5.12. The van der Waals surface area contributed by atoms with Gasteiger partial charge in [-0.3, -0.25) is 14.4 Å². The molecule has 0 aliphatic carbocycles. The predicted molar refractivity (Wildman–Crippen MR) is 95.2 cm³/mol. The van der Waals surface area contributed by atoms with Gasteiger partial charge in [-0.25, -0.2) is 4.98 Å². The summed E-state index contributed by atoms with van der Waals surface area (Å²) in [5.74, 6) is -1.55. The smallest absolute Gasteiger partial charge is 0.305 e. The van der Waals surface area contributed by atoms with E-state index in [0.717, 1.165) is 11.4 Å². The molecule has 132 valence electrons. The molecule has 0 bridgehead atoms. The van der Waals surface area contributed by atoms with Gasteiger partial charge in [0.2, 0.25) is 0 Å². The molecular weight excluding hydrogens is 342 g/mol. The van der Waals surface area contributed by atoms with Gasteiger partial charge < -0.3 is 15.7 Å². The summed E-state index contributed by atoms with van der Waals surface area (Å²) in [6.45, 7) is 3.85. The lowest BCUT2D eigenvalue weighted by Crippen LogP contribution is -2.25. The Kier molecular flexibility index (Phi) is 6.24. The predicted octanol–water partition coefficient (Wildman–Crippen LogP) is 2.47. The normalized spacial score (nSPS) is 10.3. The number of aryl methyl sites for hydroxylation is 2. The molecule has 8 heteroatoms. The third-order valence-corrected chi connectivity index (χ3v) is 4.68. The molecule has 0 saturated heterocycles. The Morgan fingerprint density at radius 3 is 2.40 bits per heavy atom. The average molecular weight is 361 g/mol. The monoisotopic (exact) mass is 361 g/mol. The van der Waals surface area contributed by atoms with Crippen LogP contribution in [-0.2, 0) is 11.2 Å². The summed E-state index contributed by atoms with van der Waals surface area (Å²) in [4.78, 5) is 39.5. The van der Waals surface area contributed by atoms with Crippen LogP contribution in [0.1, 0.15) is 44.1 Å². The molecule has 7 nitrogen and oxygen atoms in total. The maximum absolute atomic E-state index is 12.3. The summed E-state index contributed by atoms with van der Waals surface area (Å²) in [6.07, 6.45) is 0.651. The molecule has 0 spiro atoms. The number of carboxylic acids is 1. The minimum atomic E-state index is -0.969. The van der Waals surface area contributed by atoms with Crippen LogP contribution in [-0.4, -0.2) is 34.4 Å². The van der Waals surface area contributed by atoms with Gasteiger partial charge in [-0.15, -0.1) is 11.3 Å². The van der Waals surface area contributed by atoms with Crippen molar-refractivity contribution in [2.24, 2.45) is 0 Å². The minimum absolute atomic E-state index is 0.0665. The number of benzene rings is 1. The number of hydrogen-bond acceptors (Lipinski definition) is 5. The van der Waals surface area contributed by atoms with Crippen molar-refractivity contribution in [1.82, 2.24) is 10.3 Å². The van der Waals surface area contributed by atoms with Crippen molar-refractivity contribution in [2.45, 2.75) is 26.7 Å². The average Bonchev–Trinajstić information content (AvgIpc) is 2.96. The number of carbonyl (C=O) groups is 3. The van der Waals surface area contributed by atoms with E-state index in [1.165, 1.54) is 11.3 Å². The van der Waals surface area contributed by atoms with Gasteiger partial charge >= 0.3 is 5.97 Å². The quantitative estimate of drug-likeness (QED) is 0.702. The van der Waals surface area contributed by atoms with E-state index in [1.807, 2.05) is 6.92 Å². The first-order valence-corrected chi connectivity index (χ1v) is 8.60. The summed E-state index contributed by atoms with van der Waals surface area (Å²) in [7, 11) is 0. The number of thiazole rings is 1. The van der Waals surface area contributed by atoms with Crippen LogP contribution in [0.3, 0.4) is 0 Å². The van der Waals surface area contributed by atoms with Crippen molar-refractivity contribution < 1.29 is 19.5 Å². The van der Waals surface area contributed by atoms with Crippen molar-refractivity contribution in [3.05, 3.63) is 45.4 Å². The Morgan fingerprint density at radius 2 is 1.84 bits per heavy atom. The number of rotatable bonds is 7. The minimum Gasteiger partial charge on any atom is -0.481 e. The first-order chi connectivity index (χ1) is 11.9. The zero-order chi connectivity index (χ0) is 18.4. The van der Waals surface area contributed by atoms with Crippen LogP contribution in [0.4, 0.5) is 5.69 Å². The van der Waals surface area contributed by atoms with Gasteiger partial charge in [0.15, 0.2) is 0 Å². The van der Waals surface area contributed by atoms with E-state index in [-0.39, 0.29) is 24.8 Å². The van der Waals surface area contributed by atoms with Crippen LogP contribution in [0.5, 0.6) is 0 Å². The molecule has 0 radical (unpaired) electrons. The number of aliphatic carboxylic acids is 1. The Balaban J connectivity index is 1.97. The van der Waals surface area contributed by atoms with Crippen molar-refractivity contribution in [2.75, 3.05) is 11.9 Å². The van der Waals surface area contributed by atoms with E-state index >= 15 is 0 Å². The Labute approximate surface area is 149 Å². The first-order valence-electron chi connectivity index (χ1n) is 7.78. The van der Waals surface area contributed by atoms with Crippen LogP contribution in [0.25, 0.3) is 0 Å². The van der Waals surface area contributed by atoms with Gasteiger partial charge in [-0.2, -0.15) is 0 Å². The van der Waals surface area contributed by atoms with E-state index in [2.05, 4.69) is 15.6 Å². The Hall–Kier alpha value is -2.74. The second kappa shape index (κ2) is 8.39. The fourth-order valence-electron chi connectivity index (χ4n) is 2.09. The van der Waals surface area contributed by atoms with Crippen molar-refractivity contribution in [3.8, 4) is 0 Å².